The number of phosphoric ester groups is 1. The predicted octanol–water partition coefficient (Wildman–Crippen LogP) is 20.0. The predicted molar refractivity (Wildman–Crippen MR) is 335 cm³/mol. The molecule has 11 nitrogen and oxygen atoms in total. The van der Waals surface area contributed by atoms with E-state index in [0.717, 1.165) is 122 Å². The zero-order valence-electron chi connectivity index (χ0n) is 51.5. The van der Waals surface area contributed by atoms with Gasteiger partial charge in [0.2, 0.25) is 0 Å². The van der Waals surface area contributed by atoms with Crippen LogP contribution >= 0.6 is 7.82 Å². The van der Waals surface area contributed by atoms with Crippen LogP contribution in [0.15, 0.2) is 72.9 Å². The molecule has 0 bridgehead atoms. The monoisotopic (exact) mass is 1140 g/mol. The fourth-order valence-electron chi connectivity index (χ4n) is 9.14. The van der Waals surface area contributed by atoms with Crippen LogP contribution in [0.3, 0.4) is 0 Å². The maximum absolute atomic E-state index is 13.0. The molecule has 0 radical (unpaired) electrons. The lowest BCUT2D eigenvalue weighted by atomic mass is 10.0. The molecule has 0 aliphatic carbocycles. The van der Waals surface area contributed by atoms with Gasteiger partial charge in [0.15, 0.2) is 6.10 Å². The highest BCUT2D eigenvalue weighted by Crippen LogP contribution is 2.43. The van der Waals surface area contributed by atoms with E-state index in [2.05, 4.69) is 93.7 Å². The molecule has 3 unspecified atom stereocenters. The highest BCUT2D eigenvalue weighted by molar-refractivity contribution is 7.47. The lowest BCUT2D eigenvalue weighted by molar-refractivity contribution is -0.161. The normalized spacial score (nSPS) is 13.7. The number of unbranched alkanes of at least 4 members (excludes halogenated alkanes) is 32. The van der Waals surface area contributed by atoms with Crippen LogP contribution in [-0.4, -0.2) is 66.5 Å². The zero-order chi connectivity index (χ0) is 58.3. The van der Waals surface area contributed by atoms with Crippen LogP contribution in [0.4, 0.5) is 0 Å². The number of ether oxygens (including phenoxy) is 3. The van der Waals surface area contributed by atoms with Crippen LogP contribution in [0, 0.1) is 0 Å². The van der Waals surface area contributed by atoms with Crippen molar-refractivity contribution in [3.63, 3.8) is 0 Å². The third-order valence-corrected chi connectivity index (χ3v) is 15.1. The summed E-state index contributed by atoms with van der Waals surface area (Å²) < 4.78 is 39.7. The van der Waals surface area contributed by atoms with Gasteiger partial charge < -0.3 is 24.2 Å². The molecule has 0 aliphatic heterocycles. The van der Waals surface area contributed by atoms with Crippen molar-refractivity contribution in [3.05, 3.63) is 72.9 Å². The van der Waals surface area contributed by atoms with Crippen molar-refractivity contribution < 1.29 is 52.2 Å². The van der Waals surface area contributed by atoms with E-state index < -0.39 is 57.8 Å². The van der Waals surface area contributed by atoms with Gasteiger partial charge in [-0.05, 0) is 89.9 Å². The van der Waals surface area contributed by atoms with Crippen molar-refractivity contribution in [1.82, 2.24) is 0 Å². The second kappa shape index (κ2) is 62.0. The SMILES string of the molecule is CC/C=C\C/C=C\C/C=C\CCCCCCCCCC(=O)OCC(COP(=O)(O)OCC(CO)OC(=O)CCCCCCCCCCCCCCCCCCC)OC(=O)CCCCCCCC/C=C\C/C=C\C/C=C\CCCCC. The summed E-state index contributed by atoms with van der Waals surface area (Å²) in [6.45, 7) is 4.54. The fraction of sp³-hybridized carbons (Fsp3) is 0.779. The number of carbonyl (C=O) groups is 3. The summed E-state index contributed by atoms with van der Waals surface area (Å²) in [6, 6.07) is 0. The largest absolute Gasteiger partial charge is 0.472 e. The summed E-state index contributed by atoms with van der Waals surface area (Å²) in [6.07, 6.45) is 71.3. The molecule has 0 aromatic rings. The van der Waals surface area contributed by atoms with Gasteiger partial charge in [-0.15, -0.1) is 0 Å². The highest BCUT2D eigenvalue weighted by Gasteiger charge is 2.28. The van der Waals surface area contributed by atoms with Gasteiger partial charge in [0.1, 0.15) is 12.7 Å². The van der Waals surface area contributed by atoms with Crippen molar-refractivity contribution in [3.8, 4) is 0 Å². The van der Waals surface area contributed by atoms with Crippen molar-refractivity contribution >= 4 is 25.7 Å². The Kier molecular flexibility index (Phi) is 59.6. The molecule has 0 heterocycles. The molecule has 80 heavy (non-hydrogen) atoms. The number of esters is 3. The topological polar surface area (TPSA) is 155 Å². The molecule has 0 aromatic heterocycles. The second-order valence-electron chi connectivity index (χ2n) is 21.9. The Morgan fingerprint density at radius 2 is 0.650 bits per heavy atom. The minimum Gasteiger partial charge on any atom is -0.462 e. The van der Waals surface area contributed by atoms with Crippen molar-refractivity contribution in [2.75, 3.05) is 26.4 Å². The maximum atomic E-state index is 13.0. The summed E-state index contributed by atoms with van der Waals surface area (Å²) in [5.74, 6) is -1.48. The van der Waals surface area contributed by atoms with E-state index >= 15 is 0 Å². The summed E-state index contributed by atoms with van der Waals surface area (Å²) >= 11 is 0. The zero-order valence-corrected chi connectivity index (χ0v) is 52.4. The third-order valence-electron chi connectivity index (χ3n) is 14.1. The Hall–Kier alpha value is -3.08. The van der Waals surface area contributed by atoms with Crippen LogP contribution in [0.25, 0.3) is 0 Å². The summed E-state index contributed by atoms with van der Waals surface area (Å²) in [4.78, 5) is 48.8. The Morgan fingerprint density at radius 3 is 1.02 bits per heavy atom. The molecule has 2 N–H and O–H groups in total. The maximum Gasteiger partial charge on any atom is 0.472 e. The molecule has 0 rings (SSSR count). The smallest absolute Gasteiger partial charge is 0.462 e. The van der Waals surface area contributed by atoms with Gasteiger partial charge in [-0.2, -0.15) is 0 Å². The van der Waals surface area contributed by atoms with Crippen molar-refractivity contribution in [1.29, 1.82) is 0 Å². The third kappa shape index (κ3) is 59.5. The van der Waals surface area contributed by atoms with Gasteiger partial charge in [0.05, 0.1) is 19.8 Å². The number of phosphoric acid groups is 1. The Labute approximate surface area is 490 Å². The van der Waals surface area contributed by atoms with Crippen LogP contribution in [0.2, 0.25) is 0 Å². The quantitative estimate of drug-likeness (QED) is 0.0197. The van der Waals surface area contributed by atoms with Crippen LogP contribution in [-0.2, 0) is 42.2 Å². The van der Waals surface area contributed by atoms with Gasteiger partial charge in [0, 0.05) is 19.3 Å². The average molecular weight is 1150 g/mol. The number of hydrogen-bond acceptors (Lipinski definition) is 10. The first kappa shape index (κ1) is 76.9. The molecule has 0 saturated carbocycles. The van der Waals surface area contributed by atoms with Crippen LogP contribution < -0.4 is 0 Å². The average Bonchev–Trinajstić information content (AvgIpc) is 3.45. The minimum absolute atomic E-state index is 0.150. The number of rotatable bonds is 61. The molecule has 0 fully saturated rings. The Morgan fingerprint density at radius 1 is 0.362 bits per heavy atom. The molecule has 0 spiro atoms. The molecule has 3 atom stereocenters. The van der Waals surface area contributed by atoms with Crippen LogP contribution in [0.1, 0.15) is 303 Å². The van der Waals surface area contributed by atoms with Gasteiger partial charge in [0.25, 0.3) is 0 Å². The summed E-state index contributed by atoms with van der Waals surface area (Å²) in [7, 11) is -4.76. The van der Waals surface area contributed by atoms with E-state index in [0.29, 0.717) is 19.3 Å². The molecular formula is C68H121O11P. The molecular weight excluding hydrogens is 1020 g/mol. The summed E-state index contributed by atoms with van der Waals surface area (Å²) in [5, 5.41) is 9.86. The fourth-order valence-corrected chi connectivity index (χ4v) is 9.93. The van der Waals surface area contributed by atoms with Gasteiger partial charge in [-0.25, -0.2) is 4.57 Å². The van der Waals surface area contributed by atoms with E-state index in [9.17, 15) is 28.9 Å². The lowest BCUT2D eigenvalue weighted by Crippen LogP contribution is -2.30. The molecule has 0 aromatic carbocycles. The first-order valence-corrected chi connectivity index (χ1v) is 34.3. The van der Waals surface area contributed by atoms with E-state index in [-0.39, 0.29) is 25.9 Å². The Bertz CT molecular complexity index is 1620. The molecule has 0 saturated heterocycles. The van der Waals surface area contributed by atoms with Crippen molar-refractivity contribution in [2.24, 2.45) is 0 Å². The number of hydrogen-bond donors (Lipinski definition) is 2. The number of carbonyl (C=O) groups excluding carboxylic acids is 3. The molecule has 0 amide bonds. The highest BCUT2D eigenvalue weighted by atomic mass is 31.2. The van der Waals surface area contributed by atoms with Gasteiger partial charge in [-0.3, -0.25) is 23.4 Å². The van der Waals surface area contributed by atoms with E-state index in [1.807, 2.05) is 0 Å². The first-order valence-electron chi connectivity index (χ1n) is 32.8. The number of aliphatic hydroxyl groups excluding tert-OH is 1. The second-order valence-corrected chi connectivity index (χ2v) is 23.4. The molecule has 464 valence electrons. The standard InChI is InChI=1S/C68H121O11P/c1-4-7-10-13-16-19-22-25-28-31-32-35-38-41-44-47-50-53-56-59-68(72)79-65(61-75-66(70)57-54-51-48-45-42-39-36-33-29-26-23-20-17-14-11-8-5-2)63-77-80(73,74)76-62-64(60-69)78-67(71)58-55-52-49-46-43-40-37-34-30-27-24-21-18-15-12-9-6-3/h8,11,16-17,19-20,25-26,28-29,32,35,64-65,69H,4-7,9-10,12-15,18,21-24,27,30-31,33-34,36-63H2,1-3H3,(H,73,74)/b11-8-,19-16-,20-17-,28-25-,29-26-,35-32-. The summed E-state index contributed by atoms with van der Waals surface area (Å²) in [5.41, 5.74) is 0. The van der Waals surface area contributed by atoms with Crippen molar-refractivity contribution in [2.45, 2.75) is 315 Å². The number of allylic oxidation sites excluding steroid dienone is 12. The number of aliphatic hydroxyl groups is 1. The Balaban J connectivity index is 4.71. The lowest BCUT2D eigenvalue weighted by Gasteiger charge is -2.21. The minimum atomic E-state index is -4.76. The molecule has 0 aliphatic rings. The molecule has 12 heteroatoms. The van der Waals surface area contributed by atoms with Gasteiger partial charge in [-0.1, -0.05) is 267 Å². The van der Waals surface area contributed by atoms with E-state index in [1.54, 1.807) is 0 Å². The van der Waals surface area contributed by atoms with E-state index in [4.69, 9.17) is 23.3 Å². The van der Waals surface area contributed by atoms with Crippen LogP contribution in [0.5, 0.6) is 0 Å². The van der Waals surface area contributed by atoms with Gasteiger partial charge >= 0.3 is 25.7 Å². The first-order chi connectivity index (χ1) is 39.2. The van der Waals surface area contributed by atoms with E-state index in [1.165, 1.54) is 122 Å².